The van der Waals surface area contributed by atoms with Crippen LogP contribution in [0.2, 0.25) is 0 Å². The number of hydrogen-bond acceptors (Lipinski definition) is 2. The molecule has 1 rings (SSSR count). The van der Waals surface area contributed by atoms with Gasteiger partial charge in [-0.1, -0.05) is 0 Å². The summed E-state index contributed by atoms with van der Waals surface area (Å²) >= 11 is 0. The van der Waals surface area contributed by atoms with Crippen molar-refractivity contribution in [3.8, 4) is 5.75 Å². The Hall–Kier alpha value is -1.16. The first-order chi connectivity index (χ1) is 6.06. The normalized spacial score (nSPS) is 11.6. The molecule has 1 aromatic rings. The Morgan fingerprint density at radius 2 is 1.77 bits per heavy atom. The van der Waals surface area contributed by atoms with E-state index in [1.807, 2.05) is 0 Å². The standard InChI is InChI=1S/C9H11F2NO/c10-9(11,5-6-12)7-1-3-8(13)4-2-7/h1-4,13H,5-6,12H2. The largest absolute Gasteiger partial charge is 0.508 e. The molecule has 0 spiro atoms. The molecule has 0 fully saturated rings. The summed E-state index contributed by atoms with van der Waals surface area (Å²) in [6.45, 7) is -0.0616. The quantitative estimate of drug-likeness (QED) is 0.758. The molecule has 0 bridgehead atoms. The number of phenols is 1. The molecule has 0 aliphatic carbocycles. The molecule has 0 saturated carbocycles. The second kappa shape index (κ2) is 3.70. The van der Waals surface area contributed by atoms with E-state index in [9.17, 15) is 8.78 Å². The molecule has 3 N–H and O–H groups in total. The van der Waals surface area contributed by atoms with Crippen molar-refractivity contribution in [3.05, 3.63) is 29.8 Å². The minimum Gasteiger partial charge on any atom is -0.508 e. The fraction of sp³-hybridized carbons (Fsp3) is 0.333. The van der Waals surface area contributed by atoms with Crippen molar-refractivity contribution in [1.82, 2.24) is 0 Å². The molecular formula is C9H11F2NO. The molecule has 0 aromatic heterocycles. The lowest BCUT2D eigenvalue weighted by molar-refractivity contribution is -0.0107. The first kappa shape index (κ1) is 9.92. The van der Waals surface area contributed by atoms with Gasteiger partial charge in [0.15, 0.2) is 0 Å². The maximum absolute atomic E-state index is 13.1. The van der Waals surface area contributed by atoms with Crippen LogP contribution in [-0.4, -0.2) is 11.7 Å². The van der Waals surface area contributed by atoms with Crippen LogP contribution in [0.15, 0.2) is 24.3 Å². The minimum absolute atomic E-state index is 0.0210. The molecule has 0 aliphatic heterocycles. The highest BCUT2D eigenvalue weighted by Gasteiger charge is 2.29. The first-order valence-electron chi connectivity index (χ1n) is 3.93. The van der Waals surface area contributed by atoms with Crippen LogP contribution in [0.4, 0.5) is 8.78 Å². The summed E-state index contributed by atoms with van der Waals surface area (Å²) in [6.07, 6.45) is -0.377. The van der Waals surface area contributed by atoms with Crippen molar-refractivity contribution in [1.29, 1.82) is 0 Å². The van der Waals surface area contributed by atoms with Crippen LogP contribution in [0.1, 0.15) is 12.0 Å². The van der Waals surface area contributed by atoms with Crippen molar-refractivity contribution in [2.24, 2.45) is 5.73 Å². The Labute approximate surface area is 75.0 Å². The van der Waals surface area contributed by atoms with Gasteiger partial charge in [-0.05, 0) is 30.8 Å². The summed E-state index contributed by atoms with van der Waals surface area (Å²) in [4.78, 5) is 0. The van der Waals surface area contributed by atoms with E-state index in [-0.39, 0.29) is 24.3 Å². The zero-order valence-corrected chi connectivity index (χ0v) is 7.00. The average molecular weight is 187 g/mol. The van der Waals surface area contributed by atoms with Gasteiger partial charge >= 0.3 is 0 Å². The van der Waals surface area contributed by atoms with E-state index in [0.717, 1.165) is 0 Å². The molecule has 0 amide bonds. The third-order valence-electron chi connectivity index (χ3n) is 1.75. The van der Waals surface area contributed by atoms with Crippen LogP contribution in [-0.2, 0) is 5.92 Å². The van der Waals surface area contributed by atoms with Crippen LogP contribution in [0.5, 0.6) is 5.75 Å². The van der Waals surface area contributed by atoms with Crippen LogP contribution < -0.4 is 5.73 Å². The molecule has 0 heterocycles. The monoisotopic (exact) mass is 187 g/mol. The van der Waals surface area contributed by atoms with E-state index in [1.165, 1.54) is 24.3 Å². The maximum Gasteiger partial charge on any atom is 0.274 e. The third kappa shape index (κ3) is 2.39. The smallest absolute Gasteiger partial charge is 0.274 e. The highest BCUT2D eigenvalue weighted by molar-refractivity contribution is 5.28. The summed E-state index contributed by atoms with van der Waals surface area (Å²) < 4.78 is 26.3. The zero-order chi connectivity index (χ0) is 9.90. The molecule has 2 nitrogen and oxygen atoms in total. The van der Waals surface area contributed by atoms with Crippen molar-refractivity contribution in [3.63, 3.8) is 0 Å². The molecule has 1 aromatic carbocycles. The average Bonchev–Trinajstić information content (AvgIpc) is 2.05. The predicted molar refractivity (Wildman–Crippen MR) is 45.7 cm³/mol. The number of rotatable bonds is 3. The highest BCUT2D eigenvalue weighted by atomic mass is 19.3. The van der Waals surface area contributed by atoms with E-state index in [0.29, 0.717) is 0 Å². The maximum atomic E-state index is 13.1. The van der Waals surface area contributed by atoms with E-state index >= 15 is 0 Å². The van der Waals surface area contributed by atoms with E-state index in [4.69, 9.17) is 10.8 Å². The first-order valence-corrected chi connectivity index (χ1v) is 3.93. The van der Waals surface area contributed by atoms with Gasteiger partial charge in [0.25, 0.3) is 5.92 Å². The van der Waals surface area contributed by atoms with Crippen LogP contribution in [0.25, 0.3) is 0 Å². The van der Waals surface area contributed by atoms with Crippen molar-refractivity contribution >= 4 is 0 Å². The van der Waals surface area contributed by atoms with Gasteiger partial charge in [0.1, 0.15) is 5.75 Å². The zero-order valence-electron chi connectivity index (χ0n) is 7.00. The number of aromatic hydroxyl groups is 1. The van der Waals surface area contributed by atoms with Crippen molar-refractivity contribution < 1.29 is 13.9 Å². The van der Waals surface area contributed by atoms with Gasteiger partial charge in [-0.3, -0.25) is 0 Å². The molecule has 4 heteroatoms. The fourth-order valence-electron chi connectivity index (χ4n) is 1.03. The number of halogens is 2. The minimum atomic E-state index is -2.90. The number of phenolic OH excluding ortho intramolecular Hbond substituents is 1. The summed E-state index contributed by atoms with van der Waals surface area (Å²) in [5.74, 6) is -2.92. The summed E-state index contributed by atoms with van der Waals surface area (Å²) in [6, 6.07) is 4.87. The van der Waals surface area contributed by atoms with Crippen LogP contribution in [0.3, 0.4) is 0 Å². The van der Waals surface area contributed by atoms with Gasteiger partial charge in [0.05, 0.1) is 0 Å². The van der Waals surface area contributed by atoms with Gasteiger partial charge in [-0.15, -0.1) is 0 Å². The molecule has 0 atom stereocenters. The Morgan fingerprint density at radius 1 is 1.23 bits per heavy atom. The number of hydrogen-bond donors (Lipinski definition) is 2. The highest BCUT2D eigenvalue weighted by Crippen LogP contribution is 2.31. The Balaban J connectivity index is 2.87. The topological polar surface area (TPSA) is 46.2 Å². The lowest BCUT2D eigenvalue weighted by atomic mass is 10.1. The van der Waals surface area contributed by atoms with Gasteiger partial charge < -0.3 is 10.8 Å². The Bertz CT molecular complexity index is 271. The third-order valence-corrected chi connectivity index (χ3v) is 1.75. The van der Waals surface area contributed by atoms with Gasteiger partial charge in [-0.25, -0.2) is 8.78 Å². The van der Waals surface area contributed by atoms with Crippen LogP contribution in [0, 0.1) is 0 Å². The van der Waals surface area contributed by atoms with E-state index in [1.54, 1.807) is 0 Å². The molecular weight excluding hydrogens is 176 g/mol. The second-order valence-corrected chi connectivity index (χ2v) is 2.79. The Morgan fingerprint density at radius 3 is 2.23 bits per heavy atom. The van der Waals surface area contributed by atoms with Gasteiger partial charge in [0.2, 0.25) is 0 Å². The number of nitrogens with two attached hydrogens (primary N) is 1. The van der Waals surface area contributed by atoms with Gasteiger partial charge in [-0.2, -0.15) is 0 Å². The lowest BCUT2D eigenvalue weighted by Gasteiger charge is -2.15. The molecule has 0 radical (unpaired) electrons. The SMILES string of the molecule is NCCC(F)(F)c1ccc(O)cc1. The van der Waals surface area contributed by atoms with Crippen LogP contribution >= 0.6 is 0 Å². The van der Waals surface area contributed by atoms with E-state index < -0.39 is 5.92 Å². The predicted octanol–water partition coefficient (Wildman–Crippen LogP) is 1.83. The summed E-state index contributed by atoms with van der Waals surface area (Å²) in [5, 5.41) is 8.88. The van der Waals surface area contributed by atoms with Gasteiger partial charge in [0, 0.05) is 12.0 Å². The van der Waals surface area contributed by atoms with Crippen molar-refractivity contribution in [2.75, 3.05) is 6.54 Å². The molecule has 0 saturated heterocycles. The van der Waals surface area contributed by atoms with E-state index in [2.05, 4.69) is 0 Å². The molecule has 0 unspecified atom stereocenters. The molecule has 13 heavy (non-hydrogen) atoms. The number of benzene rings is 1. The molecule has 72 valence electrons. The fourth-order valence-corrected chi connectivity index (χ4v) is 1.03. The number of alkyl halides is 2. The Kier molecular flexibility index (Phi) is 2.83. The summed E-state index contributed by atoms with van der Waals surface area (Å²) in [7, 11) is 0. The van der Waals surface area contributed by atoms with Crippen molar-refractivity contribution in [2.45, 2.75) is 12.3 Å². The second-order valence-electron chi connectivity index (χ2n) is 2.79. The molecule has 0 aliphatic rings. The lowest BCUT2D eigenvalue weighted by Crippen LogP contribution is -2.18. The summed E-state index contributed by atoms with van der Waals surface area (Å²) in [5.41, 5.74) is 4.94.